The van der Waals surface area contributed by atoms with Crippen molar-refractivity contribution in [3.63, 3.8) is 0 Å². The van der Waals surface area contributed by atoms with Crippen LogP contribution in [0.15, 0.2) is 11.5 Å². The number of carbonyl (C=O) groups is 1. The van der Waals surface area contributed by atoms with E-state index >= 15 is 0 Å². The Labute approximate surface area is 71.4 Å². The van der Waals surface area contributed by atoms with E-state index in [0.717, 1.165) is 18.8 Å². The highest BCUT2D eigenvalue weighted by molar-refractivity contribution is 8.02. The van der Waals surface area contributed by atoms with E-state index in [1.807, 2.05) is 11.5 Å². The fourth-order valence-electron chi connectivity index (χ4n) is 1.02. The van der Waals surface area contributed by atoms with Gasteiger partial charge in [-0.3, -0.25) is 4.79 Å². The topological polar surface area (TPSA) is 29.1 Å². The van der Waals surface area contributed by atoms with Crippen LogP contribution in [-0.2, 0) is 4.79 Å². The highest BCUT2D eigenvalue weighted by atomic mass is 32.2. The zero-order valence-corrected chi connectivity index (χ0v) is 7.49. The number of hydrogen-bond donors (Lipinski definition) is 1. The van der Waals surface area contributed by atoms with Gasteiger partial charge in [0.1, 0.15) is 5.78 Å². The number of hydrogen-bond acceptors (Lipinski definition) is 3. The molecule has 0 fully saturated rings. The maximum atomic E-state index is 11.0. The van der Waals surface area contributed by atoms with Crippen molar-refractivity contribution in [2.24, 2.45) is 5.92 Å². The molecule has 0 spiro atoms. The summed E-state index contributed by atoms with van der Waals surface area (Å²) in [7, 11) is 0. The van der Waals surface area contributed by atoms with Crippen molar-refractivity contribution in [2.75, 3.05) is 12.4 Å². The van der Waals surface area contributed by atoms with Gasteiger partial charge in [-0.25, -0.2) is 0 Å². The molecule has 11 heavy (non-hydrogen) atoms. The minimum atomic E-state index is 0.135. The summed E-state index contributed by atoms with van der Waals surface area (Å²) in [5.74, 6) is 1.36. The number of ketones is 1. The van der Waals surface area contributed by atoms with E-state index in [0.29, 0.717) is 0 Å². The molecule has 3 heteroatoms. The Bertz CT molecular complexity index is 167. The molecule has 0 bridgehead atoms. The summed E-state index contributed by atoms with van der Waals surface area (Å²) >= 11 is 1.71. The zero-order valence-electron chi connectivity index (χ0n) is 6.67. The second-order valence-electron chi connectivity index (χ2n) is 2.65. The summed E-state index contributed by atoms with van der Waals surface area (Å²) in [6.45, 7) is 2.60. The third-order valence-electron chi connectivity index (χ3n) is 1.75. The standard InChI is InChI=1S/C8H13NOS/c1-7(10)8-2-4-9-6-11-5-3-8/h3,5,8-9H,2,4,6H2,1H3. The van der Waals surface area contributed by atoms with Crippen LogP contribution in [0.5, 0.6) is 0 Å². The number of Topliss-reactive ketones (excluding diaryl/α,β-unsaturated/α-hetero) is 1. The van der Waals surface area contributed by atoms with Gasteiger partial charge in [-0.15, -0.1) is 11.8 Å². The number of thioether (sulfide) groups is 1. The average molecular weight is 171 g/mol. The first-order valence-electron chi connectivity index (χ1n) is 3.80. The van der Waals surface area contributed by atoms with Crippen molar-refractivity contribution >= 4 is 17.5 Å². The van der Waals surface area contributed by atoms with Gasteiger partial charge in [0.2, 0.25) is 0 Å². The molecule has 0 aliphatic carbocycles. The van der Waals surface area contributed by atoms with Crippen LogP contribution in [0.2, 0.25) is 0 Å². The Kier molecular flexibility index (Phi) is 3.66. The predicted octanol–water partition coefficient (Wildman–Crippen LogP) is 1.39. The van der Waals surface area contributed by atoms with Gasteiger partial charge in [0.05, 0.1) is 0 Å². The second kappa shape index (κ2) is 4.57. The average Bonchev–Trinajstić information content (AvgIpc) is 1.84. The van der Waals surface area contributed by atoms with Crippen LogP contribution in [0, 0.1) is 5.92 Å². The SMILES string of the molecule is CC(=O)C1C=CSCNCC1. The molecule has 1 aliphatic rings. The van der Waals surface area contributed by atoms with Crippen molar-refractivity contribution in [3.05, 3.63) is 11.5 Å². The lowest BCUT2D eigenvalue weighted by molar-refractivity contribution is -0.119. The van der Waals surface area contributed by atoms with E-state index in [9.17, 15) is 4.79 Å². The number of allylic oxidation sites excluding steroid dienone is 1. The maximum absolute atomic E-state index is 11.0. The number of carbonyl (C=O) groups excluding carboxylic acids is 1. The third kappa shape index (κ3) is 3.08. The molecule has 1 unspecified atom stereocenters. The molecule has 2 nitrogen and oxygen atoms in total. The molecule has 0 radical (unpaired) electrons. The van der Waals surface area contributed by atoms with Crippen molar-refractivity contribution in [1.82, 2.24) is 5.32 Å². The van der Waals surface area contributed by atoms with Crippen molar-refractivity contribution in [1.29, 1.82) is 0 Å². The van der Waals surface area contributed by atoms with Crippen LogP contribution < -0.4 is 5.32 Å². The predicted molar refractivity (Wildman–Crippen MR) is 48.4 cm³/mol. The van der Waals surface area contributed by atoms with E-state index in [1.54, 1.807) is 18.7 Å². The maximum Gasteiger partial charge on any atom is 0.136 e. The first-order valence-corrected chi connectivity index (χ1v) is 4.85. The van der Waals surface area contributed by atoms with Gasteiger partial charge in [-0.2, -0.15) is 0 Å². The molecule has 1 atom stereocenters. The monoisotopic (exact) mass is 171 g/mol. The zero-order chi connectivity index (χ0) is 8.10. The molecule has 0 saturated heterocycles. The minimum absolute atomic E-state index is 0.135. The van der Waals surface area contributed by atoms with Gasteiger partial charge in [-0.1, -0.05) is 6.08 Å². The Balaban J connectivity index is 2.48. The van der Waals surface area contributed by atoms with Gasteiger partial charge in [0, 0.05) is 11.8 Å². The van der Waals surface area contributed by atoms with E-state index in [2.05, 4.69) is 5.32 Å². The molecule has 0 aromatic rings. The summed E-state index contributed by atoms with van der Waals surface area (Å²) in [6, 6.07) is 0. The second-order valence-corrected chi connectivity index (χ2v) is 3.54. The number of rotatable bonds is 1. The Hall–Kier alpha value is -0.280. The van der Waals surface area contributed by atoms with Crippen LogP contribution in [0.4, 0.5) is 0 Å². The summed E-state index contributed by atoms with van der Waals surface area (Å²) in [5.41, 5.74) is 0. The van der Waals surface area contributed by atoms with Crippen molar-refractivity contribution < 1.29 is 4.79 Å². The first kappa shape index (κ1) is 8.81. The van der Waals surface area contributed by atoms with Crippen LogP contribution in [0.3, 0.4) is 0 Å². The third-order valence-corrected chi connectivity index (χ3v) is 2.47. The van der Waals surface area contributed by atoms with Crippen LogP contribution >= 0.6 is 11.8 Å². The van der Waals surface area contributed by atoms with Crippen LogP contribution in [0.25, 0.3) is 0 Å². The van der Waals surface area contributed by atoms with Crippen LogP contribution in [-0.4, -0.2) is 18.2 Å². The summed E-state index contributed by atoms with van der Waals surface area (Å²) in [5, 5.41) is 5.24. The Morgan fingerprint density at radius 3 is 3.27 bits per heavy atom. The highest BCUT2D eigenvalue weighted by Crippen LogP contribution is 2.12. The summed E-state index contributed by atoms with van der Waals surface area (Å²) in [4.78, 5) is 11.0. The largest absolute Gasteiger partial charge is 0.308 e. The van der Waals surface area contributed by atoms with E-state index in [1.165, 1.54) is 0 Å². The van der Waals surface area contributed by atoms with E-state index in [4.69, 9.17) is 0 Å². The van der Waals surface area contributed by atoms with Crippen LogP contribution in [0.1, 0.15) is 13.3 Å². The molecule has 0 amide bonds. The number of nitrogens with one attached hydrogen (secondary N) is 1. The molecular weight excluding hydrogens is 158 g/mol. The molecule has 0 aromatic heterocycles. The quantitative estimate of drug-likeness (QED) is 0.646. The fourth-order valence-corrected chi connectivity index (χ4v) is 1.68. The minimum Gasteiger partial charge on any atom is -0.308 e. The molecule has 1 aliphatic heterocycles. The molecule has 1 rings (SSSR count). The van der Waals surface area contributed by atoms with Gasteiger partial charge in [-0.05, 0) is 25.3 Å². The van der Waals surface area contributed by atoms with E-state index in [-0.39, 0.29) is 11.7 Å². The lowest BCUT2D eigenvalue weighted by Crippen LogP contribution is -2.21. The van der Waals surface area contributed by atoms with E-state index < -0.39 is 0 Å². The molecule has 1 N–H and O–H groups in total. The molecule has 0 aromatic carbocycles. The fraction of sp³-hybridized carbons (Fsp3) is 0.625. The highest BCUT2D eigenvalue weighted by Gasteiger charge is 2.10. The summed E-state index contributed by atoms with van der Waals surface area (Å²) in [6.07, 6.45) is 2.94. The van der Waals surface area contributed by atoms with Gasteiger partial charge in [0.25, 0.3) is 0 Å². The molecule has 0 saturated carbocycles. The van der Waals surface area contributed by atoms with Gasteiger partial charge >= 0.3 is 0 Å². The van der Waals surface area contributed by atoms with Gasteiger partial charge in [0.15, 0.2) is 0 Å². The van der Waals surface area contributed by atoms with Gasteiger partial charge < -0.3 is 5.32 Å². The first-order chi connectivity index (χ1) is 5.30. The van der Waals surface area contributed by atoms with Crippen molar-refractivity contribution in [2.45, 2.75) is 13.3 Å². The Morgan fingerprint density at radius 2 is 2.55 bits per heavy atom. The lowest BCUT2D eigenvalue weighted by Gasteiger charge is -2.11. The smallest absolute Gasteiger partial charge is 0.136 e. The van der Waals surface area contributed by atoms with Crippen molar-refractivity contribution in [3.8, 4) is 0 Å². The normalized spacial score (nSPS) is 25.7. The Morgan fingerprint density at radius 1 is 1.73 bits per heavy atom. The lowest BCUT2D eigenvalue weighted by atomic mass is 10.0. The summed E-state index contributed by atoms with van der Waals surface area (Å²) < 4.78 is 0. The molecule has 1 heterocycles. The molecular formula is C8H13NOS. The molecule has 62 valence electrons.